The van der Waals surface area contributed by atoms with E-state index in [1.807, 2.05) is 13.8 Å². The highest BCUT2D eigenvalue weighted by molar-refractivity contribution is 7.83. The van der Waals surface area contributed by atoms with Crippen LogP contribution in [0.4, 0.5) is 14.5 Å². The monoisotopic (exact) mass is 383 g/mol. The van der Waals surface area contributed by atoms with Crippen molar-refractivity contribution in [1.29, 1.82) is 0 Å². The standard InChI is InChI=1S/C17H19F2N3O3S/c1-9(2)13-8-25-16-14(26(24)21-13)7-22(3)15(16)17(23)20-10-4-5-11(18)12(19)6-10/h4-7,9,13,21H,8H2,1-3H3,(H,20,23). The lowest BCUT2D eigenvalue weighted by molar-refractivity contribution is 0.101. The number of fused-ring (bicyclic) bond motifs is 1. The molecule has 0 saturated heterocycles. The number of aromatic nitrogens is 1. The average molecular weight is 383 g/mol. The van der Waals surface area contributed by atoms with E-state index in [0.29, 0.717) is 4.90 Å². The summed E-state index contributed by atoms with van der Waals surface area (Å²) in [5.74, 6) is -2.22. The zero-order valence-corrected chi connectivity index (χ0v) is 15.3. The number of carbonyl (C=O) groups is 1. The van der Waals surface area contributed by atoms with Crippen LogP contribution in [0.5, 0.6) is 5.75 Å². The predicted molar refractivity (Wildman–Crippen MR) is 93.4 cm³/mol. The van der Waals surface area contributed by atoms with E-state index in [0.717, 1.165) is 12.1 Å². The molecule has 0 fully saturated rings. The molecule has 3 rings (SSSR count). The maximum atomic E-state index is 13.3. The van der Waals surface area contributed by atoms with Gasteiger partial charge in [0.2, 0.25) is 0 Å². The van der Waals surface area contributed by atoms with Crippen LogP contribution < -0.4 is 14.8 Å². The molecule has 2 N–H and O–H groups in total. The molecular weight excluding hydrogens is 364 g/mol. The van der Waals surface area contributed by atoms with Gasteiger partial charge in [-0.3, -0.25) is 4.79 Å². The highest BCUT2D eigenvalue weighted by Gasteiger charge is 2.31. The van der Waals surface area contributed by atoms with Gasteiger partial charge in [-0.1, -0.05) is 13.8 Å². The summed E-state index contributed by atoms with van der Waals surface area (Å²) >= 11 is 0. The quantitative estimate of drug-likeness (QED) is 0.856. The lowest BCUT2D eigenvalue weighted by Crippen LogP contribution is -2.38. The van der Waals surface area contributed by atoms with Crippen LogP contribution in [0.15, 0.2) is 29.3 Å². The van der Waals surface area contributed by atoms with E-state index in [4.69, 9.17) is 4.74 Å². The Kier molecular flexibility index (Phi) is 5.10. The van der Waals surface area contributed by atoms with Gasteiger partial charge in [-0.05, 0) is 18.1 Å². The number of nitrogens with zero attached hydrogens (tertiary/aromatic N) is 1. The number of benzene rings is 1. The number of rotatable bonds is 3. The largest absolute Gasteiger partial charge is 0.488 e. The number of aryl methyl sites for hydroxylation is 1. The minimum absolute atomic E-state index is 0.108. The smallest absolute Gasteiger partial charge is 0.276 e. The van der Waals surface area contributed by atoms with Crippen LogP contribution in [0.25, 0.3) is 0 Å². The Morgan fingerprint density at radius 3 is 2.77 bits per heavy atom. The first-order valence-electron chi connectivity index (χ1n) is 8.04. The Morgan fingerprint density at radius 2 is 2.12 bits per heavy atom. The summed E-state index contributed by atoms with van der Waals surface area (Å²) in [7, 11) is 0.0925. The van der Waals surface area contributed by atoms with Gasteiger partial charge in [0, 0.05) is 25.0 Å². The van der Waals surface area contributed by atoms with E-state index in [1.165, 1.54) is 10.6 Å². The molecular formula is C17H19F2N3O3S. The molecule has 9 heteroatoms. The predicted octanol–water partition coefficient (Wildman–Crippen LogP) is 2.58. The van der Waals surface area contributed by atoms with Crippen molar-refractivity contribution in [3.63, 3.8) is 0 Å². The van der Waals surface area contributed by atoms with E-state index >= 15 is 0 Å². The van der Waals surface area contributed by atoms with E-state index in [2.05, 4.69) is 10.0 Å². The Balaban J connectivity index is 1.91. The summed E-state index contributed by atoms with van der Waals surface area (Å²) in [6.45, 7) is 4.21. The first-order chi connectivity index (χ1) is 12.3. The molecule has 0 bridgehead atoms. The minimum atomic E-state index is -1.53. The van der Waals surface area contributed by atoms with E-state index in [9.17, 15) is 17.8 Å². The molecule has 1 aromatic carbocycles. The molecule has 0 aliphatic carbocycles. The molecule has 2 unspecified atom stereocenters. The van der Waals surface area contributed by atoms with Crippen LogP contribution >= 0.6 is 0 Å². The molecule has 1 amide bonds. The Morgan fingerprint density at radius 1 is 1.38 bits per heavy atom. The summed E-state index contributed by atoms with van der Waals surface area (Å²) in [4.78, 5) is 13.0. The number of anilines is 1. The Bertz CT molecular complexity index is 882. The van der Waals surface area contributed by atoms with Crippen molar-refractivity contribution < 1.29 is 22.5 Å². The zero-order chi connectivity index (χ0) is 19.0. The van der Waals surface area contributed by atoms with Crippen LogP contribution in [0.1, 0.15) is 24.3 Å². The van der Waals surface area contributed by atoms with Crippen molar-refractivity contribution >= 4 is 22.6 Å². The third-order valence-corrected chi connectivity index (χ3v) is 5.37. The van der Waals surface area contributed by atoms with Crippen molar-refractivity contribution in [2.75, 3.05) is 11.9 Å². The van der Waals surface area contributed by atoms with Gasteiger partial charge >= 0.3 is 0 Å². The molecule has 6 nitrogen and oxygen atoms in total. The SMILES string of the molecule is CC(C)C1COc2c(cn(C)c2C(=O)Nc2ccc(F)c(F)c2)S(=O)N1. The van der Waals surface area contributed by atoms with Crippen molar-refractivity contribution in [2.24, 2.45) is 13.0 Å². The molecule has 2 atom stereocenters. The lowest BCUT2D eigenvalue weighted by Gasteiger charge is -2.18. The van der Waals surface area contributed by atoms with Crippen LogP contribution in [-0.2, 0) is 18.0 Å². The maximum Gasteiger partial charge on any atom is 0.276 e. The summed E-state index contributed by atoms with van der Waals surface area (Å²) in [6.07, 6.45) is 1.56. The van der Waals surface area contributed by atoms with E-state index in [1.54, 1.807) is 13.2 Å². The van der Waals surface area contributed by atoms with Gasteiger partial charge in [0.25, 0.3) is 5.91 Å². The first kappa shape index (κ1) is 18.5. The van der Waals surface area contributed by atoms with Gasteiger partial charge in [0.05, 0.1) is 6.04 Å². The Labute approximate surface area is 152 Å². The molecule has 1 aromatic heterocycles. The van der Waals surface area contributed by atoms with Crippen LogP contribution in [0.3, 0.4) is 0 Å². The summed E-state index contributed by atoms with van der Waals surface area (Å²) in [6, 6.07) is 2.95. The third-order valence-electron chi connectivity index (χ3n) is 4.17. The summed E-state index contributed by atoms with van der Waals surface area (Å²) in [5, 5.41) is 2.51. The number of halogens is 2. The van der Waals surface area contributed by atoms with Crippen LogP contribution in [0.2, 0.25) is 0 Å². The fraction of sp³-hybridized carbons (Fsp3) is 0.353. The van der Waals surface area contributed by atoms with Crippen molar-refractivity contribution in [2.45, 2.75) is 24.8 Å². The van der Waals surface area contributed by atoms with Gasteiger partial charge < -0.3 is 14.6 Å². The number of amides is 1. The number of carbonyl (C=O) groups excluding carboxylic acids is 1. The molecule has 0 spiro atoms. The van der Waals surface area contributed by atoms with Gasteiger partial charge in [-0.25, -0.2) is 17.7 Å². The molecule has 0 saturated carbocycles. The molecule has 26 heavy (non-hydrogen) atoms. The molecule has 2 aromatic rings. The second-order valence-electron chi connectivity index (χ2n) is 6.41. The van der Waals surface area contributed by atoms with E-state index in [-0.39, 0.29) is 35.7 Å². The van der Waals surface area contributed by atoms with Gasteiger partial charge in [0.1, 0.15) is 22.5 Å². The van der Waals surface area contributed by atoms with Crippen molar-refractivity contribution in [1.82, 2.24) is 9.29 Å². The fourth-order valence-electron chi connectivity index (χ4n) is 2.61. The van der Waals surface area contributed by atoms with Crippen molar-refractivity contribution in [3.05, 3.63) is 41.7 Å². The molecule has 1 aliphatic heterocycles. The highest BCUT2D eigenvalue weighted by atomic mass is 32.2. The maximum absolute atomic E-state index is 13.3. The normalized spacial score (nSPS) is 19.6. The Hall–Kier alpha value is -2.26. The number of ether oxygens (including phenoxy) is 1. The molecule has 0 radical (unpaired) electrons. The molecule has 1 aliphatic rings. The highest BCUT2D eigenvalue weighted by Crippen LogP contribution is 2.32. The zero-order valence-electron chi connectivity index (χ0n) is 14.5. The van der Waals surface area contributed by atoms with Gasteiger partial charge in [-0.2, -0.15) is 0 Å². The second-order valence-corrected chi connectivity index (χ2v) is 7.63. The third kappa shape index (κ3) is 3.49. The van der Waals surface area contributed by atoms with Crippen LogP contribution in [-0.4, -0.2) is 27.3 Å². The fourth-order valence-corrected chi connectivity index (χ4v) is 3.93. The first-order valence-corrected chi connectivity index (χ1v) is 9.19. The number of hydrogen-bond acceptors (Lipinski definition) is 3. The van der Waals surface area contributed by atoms with Gasteiger partial charge in [0.15, 0.2) is 23.1 Å². The number of nitrogens with one attached hydrogen (secondary N) is 2. The minimum Gasteiger partial charge on any atom is -0.488 e. The lowest BCUT2D eigenvalue weighted by atomic mass is 10.1. The topological polar surface area (TPSA) is 72.4 Å². The van der Waals surface area contributed by atoms with Gasteiger partial charge in [-0.15, -0.1) is 0 Å². The molecule has 140 valence electrons. The number of hydrogen-bond donors (Lipinski definition) is 2. The van der Waals surface area contributed by atoms with Crippen molar-refractivity contribution in [3.8, 4) is 5.75 Å². The summed E-state index contributed by atoms with van der Waals surface area (Å²) < 4.78 is 49.2. The second kappa shape index (κ2) is 7.16. The molecule has 2 heterocycles. The van der Waals surface area contributed by atoms with Crippen LogP contribution in [0, 0.1) is 17.6 Å². The summed E-state index contributed by atoms with van der Waals surface area (Å²) in [5.41, 5.74) is 0.265. The van der Waals surface area contributed by atoms with E-state index < -0.39 is 28.5 Å². The average Bonchev–Trinajstić information content (AvgIpc) is 2.82.